The number of likely N-dealkylation sites (tertiary alicyclic amines) is 1. The standard InChI is InChI=1S/C25H36N6O5S/c1-5-7-20-22-23(31(4)29-20)25(33)28-24(27-22)19-14-18(9-10-21(19)36-15-16(2)32)37(34,35)26-12-11-17-8-6-13-30(17)3/h9-10,14,16-17,26,32H,5-8,11-13,15H2,1-4H3,(H,27,28,33). The van der Waals surface area contributed by atoms with E-state index in [0.717, 1.165) is 32.2 Å². The third-order valence-electron chi connectivity index (χ3n) is 6.69. The molecule has 1 aliphatic rings. The van der Waals surface area contributed by atoms with Gasteiger partial charge in [0.2, 0.25) is 10.0 Å². The van der Waals surface area contributed by atoms with Crippen LogP contribution in [0.1, 0.15) is 45.2 Å². The average molecular weight is 533 g/mol. The number of rotatable bonds is 11. The minimum atomic E-state index is -3.82. The Morgan fingerprint density at radius 1 is 1.32 bits per heavy atom. The van der Waals surface area contributed by atoms with Crippen molar-refractivity contribution in [2.24, 2.45) is 7.05 Å². The van der Waals surface area contributed by atoms with Crippen LogP contribution < -0.4 is 15.0 Å². The predicted octanol–water partition coefficient (Wildman–Crippen LogP) is 1.80. The van der Waals surface area contributed by atoms with Crippen molar-refractivity contribution < 1.29 is 18.3 Å². The summed E-state index contributed by atoms with van der Waals surface area (Å²) in [6, 6.07) is 4.79. The Morgan fingerprint density at radius 2 is 2.11 bits per heavy atom. The van der Waals surface area contributed by atoms with E-state index in [2.05, 4.69) is 31.7 Å². The lowest BCUT2D eigenvalue weighted by Crippen LogP contribution is -2.31. The summed E-state index contributed by atoms with van der Waals surface area (Å²) in [6.07, 6.45) is 3.65. The first kappa shape index (κ1) is 27.2. The molecule has 3 heterocycles. The normalized spacial score (nSPS) is 17.5. The Labute approximate surface area is 216 Å². The Hall–Kier alpha value is -2.80. The van der Waals surface area contributed by atoms with E-state index in [1.165, 1.54) is 22.9 Å². The molecule has 1 saturated heterocycles. The van der Waals surface area contributed by atoms with Crippen molar-refractivity contribution in [3.8, 4) is 17.1 Å². The van der Waals surface area contributed by atoms with Crippen LogP contribution in [-0.2, 0) is 23.5 Å². The third kappa shape index (κ3) is 6.03. The second kappa shape index (κ2) is 11.3. The van der Waals surface area contributed by atoms with E-state index < -0.39 is 16.1 Å². The number of H-pyrrole nitrogens is 1. The van der Waals surface area contributed by atoms with Gasteiger partial charge in [-0.2, -0.15) is 5.10 Å². The summed E-state index contributed by atoms with van der Waals surface area (Å²) in [6.45, 7) is 4.95. The molecule has 202 valence electrons. The quantitative estimate of drug-likeness (QED) is 0.339. The van der Waals surface area contributed by atoms with Crippen molar-refractivity contribution in [3.63, 3.8) is 0 Å². The van der Waals surface area contributed by atoms with Gasteiger partial charge >= 0.3 is 0 Å². The number of nitrogens with zero attached hydrogens (tertiary/aromatic N) is 4. The maximum Gasteiger partial charge on any atom is 0.277 e. The van der Waals surface area contributed by atoms with Crippen molar-refractivity contribution in [2.45, 2.75) is 63.0 Å². The van der Waals surface area contributed by atoms with E-state index in [-0.39, 0.29) is 22.9 Å². The van der Waals surface area contributed by atoms with Gasteiger partial charge in [-0.1, -0.05) is 13.3 Å². The molecule has 3 N–H and O–H groups in total. The molecule has 0 saturated carbocycles. The van der Waals surface area contributed by atoms with E-state index in [1.807, 2.05) is 6.92 Å². The first-order valence-electron chi connectivity index (χ1n) is 12.7. The molecule has 0 aliphatic carbocycles. The Bertz CT molecular complexity index is 1410. The first-order valence-corrected chi connectivity index (χ1v) is 14.2. The van der Waals surface area contributed by atoms with Crippen LogP contribution in [0.3, 0.4) is 0 Å². The summed E-state index contributed by atoms with van der Waals surface area (Å²) < 4.78 is 36.3. The largest absolute Gasteiger partial charge is 0.490 e. The fraction of sp³-hybridized carbons (Fsp3) is 0.560. The molecular formula is C25H36N6O5S. The summed E-state index contributed by atoms with van der Waals surface area (Å²) >= 11 is 0. The number of aliphatic hydroxyl groups is 1. The van der Waals surface area contributed by atoms with Gasteiger partial charge in [-0.25, -0.2) is 18.1 Å². The molecule has 4 rings (SSSR count). The highest BCUT2D eigenvalue weighted by Gasteiger charge is 2.24. The summed E-state index contributed by atoms with van der Waals surface area (Å²) in [7, 11) is -0.0723. The molecule has 3 aromatic rings. The first-order chi connectivity index (χ1) is 17.6. The molecular weight excluding hydrogens is 496 g/mol. The van der Waals surface area contributed by atoms with E-state index in [1.54, 1.807) is 14.0 Å². The highest BCUT2D eigenvalue weighted by molar-refractivity contribution is 7.89. The van der Waals surface area contributed by atoms with Gasteiger partial charge in [-0.05, 0) is 64.4 Å². The molecule has 1 fully saturated rings. The lowest BCUT2D eigenvalue weighted by molar-refractivity contribution is 0.123. The van der Waals surface area contributed by atoms with Crippen LogP contribution in [0, 0.1) is 0 Å². The number of aryl methyl sites for hydroxylation is 2. The summed E-state index contributed by atoms with van der Waals surface area (Å²) in [5.74, 6) is 0.476. The van der Waals surface area contributed by atoms with Crippen molar-refractivity contribution in [3.05, 3.63) is 34.2 Å². The number of benzene rings is 1. The van der Waals surface area contributed by atoms with Crippen LogP contribution in [0.5, 0.6) is 5.75 Å². The number of aromatic nitrogens is 4. The molecule has 1 aliphatic heterocycles. The zero-order valence-electron chi connectivity index (χ0n) is 21.8. The van der Waals surface area contributed by atoms with Gasteiger partial charge in [0.1, 0.15) is 23.7 Å². The van der Waals surface area contributed by atoms with Crippen molar-refractivity contribution in [2.75, 3.05) is 26.7 Å². The highest BCUT2D eigenvalue weighted by atomic mass is 32.2. The molecule has 2 unspecified atom stereocenters. The zero-order chi connectivity index (χ0) is 26.7. The van der Waals surface area contributed by atoms with Crippen LogP contribution in [0.15, 0.2) is 27.9 Å². The number of sulfonamides is 1. The maximum absolute atomic E-state index is 13.2. The van der Waals surface area contributed by atoms with Crippen LogP contribution in [-0.4, -0.2) is 77.1 Å². The second-order valence-corrected chi connectivity index (χ2v) is 11.5. The Morgan fingerprint density at radius 3 is 2.78 bits per heavy atom. The fourth-order valence-corrected chi connectivity index (χ4v) is 5.84. The monoisotopic (exact) mass is 532 g/mol. The molecule has 1 aromatic carbocycles. The number of fused-ring (bicyclic) bond motifs is 1. The van der Waals surface area contributed by atoms with Crippen LogP contribution >= 0.6 is 0 Å². The Balaban J connectivity index is 1.71. The SMILES string of the molecule is CCCc1nn(C)c2c(=O)[nH]c(-c3cc(S(=O)(=O)NCCC4CCCN4C)ccc3OCC(C)O)nc12. The van der Waals surface area contributed by atoms with Gasteiger partial charge in [0.15, 0.2) is 5.52 Å². The van der Waals surface area contributed by atoms with Crippen molar-refractivity contribution in [1.29, 1.82) is 0 Å². The molecule has 2 atom stereocenters. The fourth-order valence-electron chi connectivity index (χ4n) is 4.76. The minimum Gasteiger partial charge on any atom is -0.490 e. The minimum absolute atomic E-state index is 0.00724. The Kier molecular flexibility index (Phi) is 8.32. The molecule has 0 amide bonds. The van der Waals surface area contributed by atoms with E-state index in [0.29, 0.717) is 47.0 Å². The van der Waals surface area contributed by atoms with Crippen LogP contribution in [0.25, 0.3) is 22.4 Å². The lowest BCUT2D eigenvalue weighted by Gasteiger charge is -2.19. The van der Waals surface area contributed by atoms with E-state index in [9.17, 15) is 18.3 Å². The molecule has 0 bridgehead atoms. The molecule has 12 heteroatoms. The molecule has 11 nitrogen and oxygen atoms in total. The topological polar surface area (TPSA) is 142 Å². The van der Waals surface area contributed by atoms with Gasteiger partial charge in [0, 0.05) is 19.6 Å². The number of hydrogen-bond acceptors (Lipinski definition) is 8. The van der Waals surface area contributed by atoms with Crippen LogP contribution in [0.4, 0.5) is 0 Å². The number of nitrogens with one attached hydrogen (secondary N) is 2. The molecule has 0 spiro atoms. The third-order valence-corrected chi connectivity index (χ3v) is 8.15. The molecule has 0 radical (unpaired) electrons. The van der Waals surface area contributed by atoms with Gasteiger partial charge in [-0.15, -0.1) is 0 Å². The van der Waals surface area contributed by atoms with Gasteiger partial charge in [-0.3, -0.25) is 9.48 Å². The second-order valence-electron chi connectivity index (χ2n) is 9.71. The van der Waals surface area contributed by atoms with Crippen molar-refractivity contribution >= 4 is 21.1 Å². The summed E-state index contributed by atoms with van der Waals surface area (Å²) in [5.41, 5.74) is 1.44. The van der Waals surface area contributed by atoms with Gasteiger partial charge < -0.3 is 19.7 Å². The summed E-state index contributed by atoms with van der Waals surface area (Å²) in [5, 5.41) is 14.2. The number of aromatic amines is 1. The van der Waals surface area contributed by atoms with E-state index in [4.69, 9.17) is 4.74 Å². The maximum atomic E-state index is 13.2. The number of aliphatic hydroxyl groups excluding tert-OH is 1. The molecule has 2 aromatic heterocycles. The van der Waals surface area contributed by atoms with Gasteiger partial charge in [0.25, 0.3) is 5.56 Å². The van der Waals surface area contributed by atoms with Crippen molar-refractivity contribution in [1.82, 2.24) is 29.4 Å². The number of hydrogen-bond donors (Lipinski definition) is 3. The van der Waals surface area contributed by atoms with Gasteiger partial charge in [0.05, 0.1) is 22.3 Å². The smallest absolute Gasteiger partial charge is 0.277 e. The predicted molar refractivity (Wildman–Crippen MR) is 141 cm³/mol. The zero-order valence-corrected chi connectivity index (χ0v) is 22.6. The lowest BCUT2D eigenvalue weighted by atomic mass is 10.1. The van der Waals surface area contributed by atoms with Crippen LogP contribution in [0.2, 0.25) is 0 Å². The molecule has 37 heavy (non-hydrogen) atoms. The summed E-state index contributed by atoms with van der Waals surface area (Å²) in [4.78, 5) is 22.7. The average Bonchev–Trinajstić information content (AvgIpc) is 3.40. The van der Waals surface area contributed by atoms with E-state index >= 15 is 0 Å². The number of ether oxygens (including phenoxy) is 1. The highest BCUT2D eigenvalue weighted by Crippen LogP contribution is 2.31.